The summed E-state index contributed by atoms with van der Waals surface area (Å²) in [6, 6.07) is 9.02. The van der Waals surface area contributed by atoms with E-state index in [-0.39, 0.29) is 18.1 Å². The molecule has 18 heavy (non-hydrogen) atoms. The van der Waals surface area contributed by atoms with Crippen molar-refractivity contribution in [3.63, 3.8) is 0 Å². The Hall–Kier alpha value is -1.39. The number of aliphatic hydroxyl groups excluding tert-OH is 1. The van der Waals surface area contributed by atoms with E-state index in [1.807, 2.05) is 32.0 Å². The number of nitrogens with zero attached hydrogens (tertiary/aromatic N) is 1. The molecule has 98 valence electrons. The van der Waals surface area contributed by atoms with E-state index in [0.717, 1.165) is 0 Å². The lowest BCUT2D eigenvalue weighted by Gasteiger charge is -2.37. The van der Waals surface area contributed by atoms with Gasteiger partial charge in [-0.25, -0.2) is 0 Å². The van der Waals surface area contributed by atoms with Crippen LogP contribution >= 0.6 is 0 Å². The number of benzene rings is 1. The summed E-state index contributed by atoms with van der Waals surface area (Å²) in [5.41, 5.74) is 0.633. The van der Waals surface area contributed by atoms with Gasteiger partial charge in [-0.2, -0.15) is 0 Å². The first-order valence-electron chi connectivity index (χ1n) is 6.24. The summed E-state index contributed by atoms with van der Waals surface area (Å²) in [5.74, 6) is -0.246. The molecule has 1 aliphatic heterocycles. The van der Waals surface area contributed by atoms with Crippen molar-refractivity contribution in [2.45, 2.75) is 32.1 Å². The number of morpholine rings is 1. The van der Waals surface area contributed by atoms with Gasteiger partial charge in [-0.1, -0.05) is 30.3 Å². The number of carbonyl (C=O) groups excluding carboxylic acids is 1. The Morgan fingerprint density at radius 1 is 1.39 bits per heavy atom. The molecule has 4 heteroatoms. The maximum absolute atomic E-state index is 12.3. The van der Waals surface area contributed by atoms with Crippen LogP contribution in [0.1, 0.15) is 25.5 Å². The Bertz CT molecular complexity index is 407. The molecule has 1 aliphatic rings. The van der Waals surface area contributed by atoms with E-state index in [2.05, 4.69) is 0 Å². The van der Waals surface area contributed by atoms with Gasteiger partial charge in [0.15, 0.2) is 6.10 Å². The zero-order valence-electron chi connectivity index (χ0n) is 10.7. The molecule has 1 saturated heterocycles. The molecule has 1 fully saturated rings. The third-order valence-corrected chi connectivity index (χ3v) is 3.24. The number of carbonyl (C=O) groups is 1. The second-order valence-electron chi connectivity index (χ2n) is 4.80. The van der Waals surface area contributed by atoms with Gasteiger partial charge in [-0.15, -0.1) is 0 Å². The lowest BCUT2D eigenvalue weighted by atomic mass is 10.1. The third-order valence-electron chi connectivity index (χ3n) is 3.24. The standard InChI is InChI=1S/C14H19NO3/c1-10-9-18-11(2)8-15(10)14(17)13(16)12-6-4-3-5-7-12/h3-7,10-11,13,16H,8-9H2,1-2H3. The van der Waals surface area contributed by atoms with Gasteiger partial charge < -0.3 is 14.7 Å². The van der Waals surface area contributed by atoms with Crippen molar-refractivity contribution >= 4 is 5.91 Å². The van der Waals surface area contributed by atoms with E-state index < -0.39 is 6.10 Å². The molecule has 2 rings (SSSR count). The smallest absolute Gasteiger partial charge is 0.256 e. The largest absolute Gasteiger partial charge is 0.378 e. The molecular weight excluding hydrogens is 230 g/mol. The number of rotatable bonds is 2. The summed E-state index contributed by atoms with van der Waals surface area (Å²) in [6.45, 7) is 4.92. The maximum atomic E-state index is 12.3. The second-order valence-corrected chi connectivity index (χ2v) is 4.80. The number of ether oxygens (including phenoxy) is 1. The maximum Gasteiger partial charge on any atom is 0.256 e. The minimum atomic E-state index is -1.08. The van der Waals surface area contributed by atoms with Gasteiger partial charge in [-0.3, -0.25) is 4.79 Å². The summed E-state index contributed by atoms with van der Waals surface area (Å²) in [4.78, 5) is 14.0. The summed E-state index contributed by atoms with van der Waals surface area (Å²) in [5, 5.41) is 10.1. The van der Waals surface area contributed by atoms with Gasteiger partial charge in [0.2, 0.25) is 0 Å². The lowest BCUT2D eigenvalue weighted by molar-refractivity contribution is -0.152. The summed E-state index contributed by atoms with van der Waals surface area (Å²) in [7, 11) is 0. The minimum Gasteiger partial charge on any atom is -0.378 e. The Balaban J connectivity index is 2.10. The highest BCUT2D eigenvalue weighted by atomic mass is 16.5. The molecule has 1 N–H and O–H groups in total. The number of hydrogen-bond donors (Lipinski definition) is 1. The van der Waals surface area contributed by atoms with Crippen LogP contribution in [-0.2, 0) is 9.53 Å². The summed E-state index contributed by atoms with van der Waals surface area (Å²) < 4.78 is 5.48. The molecule has 3 atom stereocenters. The first-order valence-corrected chi connectivity index (χ1v) is 6.24. The van der Waals surface area contributed by atoms with Crippen LogP contribution in [0, 0.1) is 0 Å². The first kappa shape index (κ1) is 13.1. The molecule has 3 unspecified atom stereocenters. The van der Waals surface area contributed by atoms with E-state index in [9.17, 15) is 9.90 Å². The van der Waals surface area contributed by atoms with Crippen LogP contribution in [0.15, 0.2) is 30.3 Å². The zero-order chi connectivity index (χ0) is 13.1. The normalized spacial score (nSPS) is 25.8. The van der Waals surface area contributed by atoms with Crippen molar-refractivity contribution in [2.75, 3.05) is 13.2 Å². The number of hydrogen-bond acceptors (Lipinski definition) is 3. The van der Waals surface area contributed by atoms with Gasteiger partial charge in [0.1, 0.15) is 0 Å². The summed E-state index contributed by atoms with van der Waals surface area (Å²) >= 11 is 0. The first-order chi connectivity index (χ1) is 8.59. The van der Waals surface area contributed by atoms with Crippen molar-refractivity contribution < 1.29 is 14.6 Å². The molecule has 1 heterocycles. The SMILES string of the molecule is CC1CN(C(=O)C(O)c2ccccc2)C(C)CO1. The highest BCUT2D eigenvalue weighted by Gasteiger charge is 2.31. The van der Waals surface area contributed by atoms with Crippen LogP contribution in [-0.4, -0.2) is 41.2 Å². The van der Waals surface area contributed by atoms with Gasteiger partial charge >= 0.3 is 0 Å². The summed E-state index contributed by atoms with van der Waals surface area (Å²) in [6.07, 6.45) is -1.06. The molecular formula is C14H19NO3. The quantitative estimate of drug-likeness (QED) is 0.861. The fraction of sp³-hybridized carbons (Fsp3) is 0.500. The molecule has 0 bridgehead atoms. The van der Waals surface area contributed by atoms with Crippen molar-refractivity contribution in [1.29, 1.82) is 0 Å². The molecule has 0 aliphatic carbocycles. The second kappa shape index (κ2) is 5.50. The molecule has 4 nitrogen and oxygen atoms in total. The minimum absolute atomic E-state index is 0.00654. The fourth-order valence-corrected chi connectivity index (χ4v) is 2.15. The van der Waals surface area contributed by atoms with Crippen LogP contribution in [0.3, 0.4) is 0 Å². The topological polar surface area (TPSA) is 49.8 Å². The van der Waals surface area contributed by atoms with Crippen molar-refractivity contribution in [2.24, 2.45) is 0 Å². The van der Waals surface area contributed by atoms with E-state index in [1.54, 1.807) is 17.0 Å². The zero-order valence-corrected chi connectivity index (χ0v) is 10.7. The predicted molar refractivity (Wildman–Crippen MR) is 68.0 cm³/mol. The van der Waals surface area contributed by atoms with Crippen molar-refractivity contribution in [1.82, 2.24) is 4.90 Å². The Kier molecular flexibility index (Phi) is 3.99. The van der Waals surface area contributed by atoms with E-state index in [1.165, 1.54) is 0 Å². The highest BCUT2D eigenvalue weighted by molar-refractivity contribution is 5.82. The average molecular weight is 249 g/mol. The van der Waals surface area contributed by atoms with Crippen LogP contribution in [0.25, 0.3) is 0 Å². The third kappa shape index (κ3) is 2.71. The van der Waals surface area contributed by atoms with Gasteiger partial charge in [0, 0.05) is 6.54 Å². The molecule has 0 saturated carbocycles. The van der Waals surface area contributed by atoms with Gasteiger partial charge in [0.05, 0.1) is 18.8 Å². The Labute approximate surface area is 107 Å². The molecule has 1 amide bonds. The molecule has 0 spiro atoms. The van der Waals surface area contributed by atoms with E-state index >= 15 is 0 Å². The molecule has 1 aromatic carbocycles. The van der Waals surface area contributed by atoms with E-state index in [0.29, 0.717) is 18.7 Å². The van der Waals surface area contributed by atoms with E-state index in [4.69, 9.17) is 4.74 Å². The molecule has 0 aromatic heterocycles. The van der Waals surface area contributed by atoms with Crippen LogP contribution in [0.5, 0.6) is 0 Å². The molecule has 0 radical (unpaired) electrons. The predicted octanol–water partition coefficient (Wildman–Crippen LogP) is 1.36. The number of aliphatic hydroxyl groups is 1. The van der Waals surface area contributed by atoms with Gasteiger partial charge in [-0.05, 0) is 19.4 Å². The Morgan fingerprint density at radius 3 is 2.72 bits per heavy atom. The van der Waals surface area contributed by atoms with Crippen LogP contribution in [0.4, 0.5) is 0 Å². The van der Waals surface area contributed by atoms with Crippen LogP contribution < -0.4 is 0 Å². The lowest BCUT2D eigenvalue weighted by Crippen LogP contribution is -2.51. The van der Waals surface area contributed by atoms with Crippen LogP contribution in [0.2, 0.25) is 0 Å². The highest BCUT2D eigenvalue weighted by Crippen LogP contribution is 2.20. The Morgan fingerprint density at radius 2 is 2.06 bits per heavy atom. The average Bonchev–Trinajstić information content (AvgIpc) is 2.41. The van der Waals surface area contributed by atoms with Crippen molar-refractivity contribution in [3.05, 3.63) is 35.9 Å². The monoisotopic (exact) mass is 249 g/mol. The van der Waals surface area contributed by atoms with Gasteiger partial charge in [0.25, 0.3) is 5.91 Å². The fourth-order valence-electron chi connectivity index (χ4n) is 2.15. The van der Waals surface area contributed by atoms with Crippen molar-refractivity contribution in [3.8, 4) is 0 Å². The molecule has 1 aromatic rings. The number of amides is 1.